The summed E-state index contributed by atoms with van der Waals surface area (Å²) in [6, 6.07) is 4.02. The normalized spacial score (nSPS) is 19.1. The topological polar surface area (TPSA) is 60.2 Å². The van der Waals surface area contributed by atoms with Gasteiger partial charge >= 0.3 is 6.01 Å². The van der Waals surface area contributed by atoms with Crippen molar-refractivity contribution in [1.82, 2.24) is 19.4 Å². The first-order valence-electron chi connectivity index (χ1n) is 10.3. The van der Waals surface area contributed by atoms with E-state index in [0.717, 1.165) is 36.5 Å². The SMILES string of the molecule is O=c1cc(-c2cnc(OC3CCN(C4CCCC4)CC3)nc2)ccn1CC(F)F. The standard InChI is InChI=1S/C21H26F2N4O2/c22-19(23)14-27-8-5-15(11-20(27)28)16-12-24-21(25-13-16)29-18-6-9-26(10-7-18)17-3-1-2-4-17/h5,8,11-13,17-19H,1-4,6-7,9-10,14H2. The Bertz CT molecular complexity index is 858. The summed E-state index contributed by atoms with van der Waals surface area (Å²) in [5, 5.41) is 0. The number of rotatable bonds is 6. The Balaban J connectivity index is 1.34. The van der Waals surface area contributed by atoms with Crippen molar-refractivity contribution in [1.29, 1.82) is 0 Å². The molecule has 0 amide bonds. The summed E-state index contributed by atoms with van der Waals surface area (Å²) in [5.41, 5.74) is 0.767. The van der Waals surface area contributed by atoms with Crippen LogP contribution in [0.15, 0.2) is 35.5 Å². The highest BCUT2D eigenvalue weighted by Gasteiger charge is 2.28. The summed E-state index contributed by atoms with van der Waals surface area (Å²) in [7, 11) is 0. The maximum Gasteiger partial charge on any atom is 0.316 e. The van der Waals surface area contributed by atoms with Crippen molar-refractivity contribution >= 4 is 0 Å². The Morgan fingerprint density at radius 1 is 1.07 bits per heavy atom. The van der Waals surface area contributed by atoms with Gasteiger partial charge in [0.1, 0.15) is 6.10 Å². The number of halogens is 2. The van der Waals surface area contributed by atoms with Gasteiger partial charge in [-0.15, -0.1) is 0 Å². The smallest absolute Gasteiger partial charge is 0.316 e. The second kappa shape index (κ2) is 8.98. The molecule has 2 aliphatic rings. The Morgan fingerprint density at radius 2 is 1.76 bits per heavy atom. The molecule has 156 valence electrons. The predicted octanol–water partition coefficient (Wildman–Crippen LogP) is 3.36. The fraction of sp³-hybridized carbons (Fsp3) is 0.571. The van der Waals surface area contributed by atoms with E-state index in [1.165, 1.54) is 37.9 Å². The van der Waals surface area contributed by atoms with Gasteiger partial charge in [0.2, 0.25) is 0 Å². The minimum atomic E-state index is -2.57. The van der Waals surface area contributed by atoms with Crippen LogP contribution < -0.4 is 10.3 Å². The summed E-state index contributed by atoms with van der Waals surface area (Å²) >= 11 is 0. The zero-order valence-corrected chi connectivity index (χ0v) is 16.3. The number of alkyl halides is 2. The van der Waals surface area contributed by atoms with Gasteiger partial charge in [-0.1, -0.05) is 12.8 Å². The van der Waals surface area contributed by atoms with E-state index >= 15 is 0 Å². The van der Waals surface area contributed by atoms with E-state index in [-0.39, 0.29) is 6.10 Å². The third-order valence-electron chi connectivity index (χ3n) is 5.88. The highest BCUT2D eigenvalue weighted by atomic mass is 19.3. The van der Waals surface area contributed by atoms with Crippen LogP contribution in [0.1, 0.15) is 38.5 Å². The molecule has 0 spiro atoms. The van der Waals surface area contributed by atoms with Crippen molar-refractivity contribution in [2.75, 3.05) is 13.1 Å². The number of piperidine rings is 1. The van der Waals surface area contributed by atoms with Crippen LogP contribution in [-0.4, -0.2) is 51.1 Å². The first-order chi connectivity index (χ1) is 14.1. The Hall–Kier alpha value is -2.35. The lowest BCUT2D eigenvalue weighted by atomic mass is 10.0. The largest absolute Gasteiger partial charge is 0.460 e. The van der Waals surface area contributed by atoms with E-state index in [1.54, 1.807) is 18.5 Å². The molecule has 2 aromatic heterocycles. The van der Waals surface area contributed by atoms with Crippen molar-refractivity contribution in [3.05, 3.63) is 41.1 Å². The van der Waals surface area contributed by atoms with Crippen molar-refractivity contribution in [3.63, 3.8) is 0 Å². The molecule has 1 aliphatic carbocycles. The molecule has 1 saturated heterocycles. The molecule has 0 unspecified atom stereocenters. The van der Waals surface area contributed by atoms with E-state index in [9.17, 15) is 13.6 Å². The monoisotopic (exact) mass is 404 g/mol. The molecule has 0 radical (unpaired) electrons. The van der Waals surface area contributed by atoms with Gasteiger partial charge in [0.05, 0.1) is 6.54 Å². The Morgan fingerprint density at radius 3 is 2.38 bits per heavy atom. The average Bonchev–Trinajstić information content (AvgIpc) is 3.25. The fourth-order valence-corrected chi connectivity index (χ4v) is 4.29. The highest BCUT2D eigenvalue weighted by Crippen LogP contribution is 2.27. The summed E-state index contributed by atoms with van der Waals surface area (Å²) in [5.74, 6) is 0. The van der Waals surface area contributed by atoms with Crippen molar-refractivity contribution in [3.8, 4) is 17.1 Å². The van der Waals surface area contributed by atoms with Gasteiger partial charge in [0.25, 0.3) is 12.0 Å². The van der Waals surface area contributed by atoms with Crippen LogP contribution in [0.5, 0.6) is 6.01 Å². The van der Waals surface area contributed by atoms with Crippen LogP contribution in [0.25, 0.3) is 11.1 Å². The molecule has 29 heavy (non-hydrogen) atoms. The molecular formula is C21H26F2N4O2. The van der Waals surface area contributed by atoms with Gasteiger partial charge in [-0.2, -0.15) is 0 Å². The van der Waals surface area contributed by atoms with E-state index in [0.29, 0.717) is 17.1 Å². The van der Waals surface area contributed by atoms with Crippen LogP contribution in [0.3, 0.4) is 0 Å². The number of hydrogen-bond acceptors (Lipinski definition) is 5. The summed E-state index contributed by atoms with van der Waals surface area (Å²) < 4.78 is 31.9. The van der Waals surface area contributed by atoms with E-state index in [4.69, 9.17) is 4.74 Å². The maximum atomic E-state index is 12.5. The number of nitrogens with zero attached hydrogens (tertiary/aromatic N) is 4. The zero-order chi connectivity index (χ0) is 20.2. The van der Waals surface area contributed by atoms with Gasteiger partial charge in [0.15, 0.2) is 0 Å². The molecule has 2 fully saturated rings. The molecule has 0 aromatic carbocycles. The molecule has 4 rings (SSSR count). The lowest BCUT2D eigenvalue weighted by molar-refractivity contribution is 0.0710. The summed E-state index contributed by atoms with van der Waals surface area (Å²) in [6.45, 7) is 1.51. The number of hydrogen-bond donors (Lipinski definition) is 0. The van der Waals surface area contributed by atoms with Crippen LogP contribution in [0.2, 0.25) is 0 Å². The molecule has 6 nitrogen and oxygen atoms in total. The first-order valence-corrected chi connectivity index (χ1v) is 10.3. The third-order valence-corrected chi connectivity index (χ3v) is 5.88. The van der Waals surface area contributed by atoms with Gasteiger partial charge < -0.3 is 14.2 Å². The van der Waals surface area contributed by atoms with Crippen molar-refractivity contribution in [2.24, 2.45) is 0 Å². The molecular weight excluding hydrogens is 378 g/mol. The average molecular weight is 404 g/mol. The third kappa shape index (κ3) is 4.98. The summed E-state index contributed by atoms with van der Waals surface area (Å²) in [6.07, 6.45) is 9.42. The van der Waals surface area contributed by atoms with E-state index in [1.807, 2.05) is 0 Å². The maximum absolute atomic E-state index is 12.5. The number of ether oxygens (including phenoxy) is 1. The second-order valence-corrected chi connectivity index (χ2v) is 7.84. The molecule has 1 saturated carbocycles. The number of pyridine rings is 1. The Labute approximate surface area is 168 Å². The van der Waals surface area contributed by atoms with Crippen LogP contribution in [0, 0.1) is 0 Å². The Kier molecular flexibility index (Phi) is 6.18. The molecule has 0 N–H and O–H groups in total. The van der Waals surface area contributed by atoms with Crippen molar-refractivity contribution < 1.29 is 13.5 Å². The fourth-order valence-electron chi connectivity index (χ4n) is 4.29. The molecule has 0 atom stereocenters. The van der Waals surface area contributed by atoms with Gasteiger partial charge in [0, 0.05) is 49.4 Å². The van der Waals surface area contributed by atoms with E-state index < -0.39 is 18.5 Å². The van der Waals surface area contributed by atoms with Gasteiger partial charge in [-0.25, -0.2) is 18.7 Å². The van der Waals surface area contributed by atoms with Crippen LogP contribution in [-0.2, 0) is 6.54 Å². The van der Waals surface area contributed by atoms with Gasteiger partial charge in [-0.3, -0.25) is 4.79 Å². The minimum absolute atomic E-state index is 0.122. The predicted molar refractivity (Wildman–Crippen MR) is 105 cm³/mol. The molecule has 3 heterocycles. The molecule has 8 heteroatoms. The van der Waals surface area contributed by atoms with Gasteiger partial charge in [-0.05, 0) is 37.3 Å². The van der Waals surface area contributed by atoms with E-state index in [2.05, 4.69) is 14.9 Å². The quantitative estimate of drug-likeness (QED) is 0.739. The first kappa shape index (κ1) is 19.9. The van der Waals surface area contributed by atoms with Crippen molar-refractivity contribution in [2.45, 2.75) is 63.6 Å². The highest BCUT2D eigenvalue weighted by molar-refractivity contribution is 5.60. The second-order valence-electron chi connectivity index (χ2n) is 7.84. The minimum Gasteiger partial charge on any atom is -0.460 e. The lowest BCUT2D eigenvalue weighted by Crippen LogP contribution is -2.43. The molecule has 0 bridgehead atoms. The number of likely N-dealkylation sites (tertiary alicyclic amines) is 1. The number of aromatic nitrogens is 3. The zero-order valence-electron chi connectivity index (χ0n) is 16.3. The summed E-state index contributed by atoms with van der Waals surface area (Å²) in [4.78, 5) is 23.1. The van der Waals surface area contributed by atoms with Crippen LogP contribution >= 0.6 is 0 Å². The molecule has 1 aliphatic heterocycles. The van der Waals surface area contributed by atoms with Crippen LogP contribution in [0.4, 0.5) is 8.78 Å². The lowest BCUT2D eigenvalue weighted by Gasteiger charge is -2.35. The molecule has 2 aromatic rings.